The van der Waals surface area contributed by atoms with Crippen LogP contribution < -0.4 is 19.5 Å². The molecule has 1 amide bonds. The molecule has 4 rings (SSSR count). The fourth-order valence-corrected chi connectivity index (χ4v) is 4.85. The van der Waals surface area contributed by atoms with Crippen molar-refractivity contribution in [2.75, 3.05) is 34.4 Å². The summed E-state index contributed by atoms with van der Waals surface area (Å²) in [4.78, 5) is 16.5. The van der Waals surface area contributed by atoms with Gasteiger partial charge in [-0.3, -0.25) is 4.90 Å². The van der Waals surface area contributed by atoms with Crippen molar-refractivity contribution < 1.29 is 23.7 Å². The molecule has 1 fully saturated rings. The zero-order chi connectivity index (χ0) is 25.3. The number of rotatable bonds is 8. The van der Waals surface area contributed by atoms with Crippen molar-refractivity contribution in [1.82, 2.24) is 10.2 Å². The molecule has 1 aliphatic heterocycles. The summed E-state index contributed by atoms with van der Waals surface area (Å²) >= 11 is 1.53. The van der Waals surface area contributed by atoms with E-state index < -0.39 is 6.09 Å². The van der Waals surface area contributed by atoms with Crippen molar-refractivity contribution in [3.8, 4) is 29.1 Å². The highest BCUT2D eigenvalue weighted by atomic mass is 32.1. The van der Waals surface area contributed by atoms with Crippen LogP contribution in [0, 0.1) is 11.8 Å². The van der Waals surface area contributed by atoms with Crippen LogP contribution in [0.25, 0.3) is 0 Å². The number of likely N-dealkylation sites (tertiary alicyclic amines) is 1. The summed E-state index contributed by atoms with van der Waals surface area (Å²) in [6.45, 7) is 2.43. The number of alkyl carbamates (subject to hydrolysis) is 1. The van der Waals surface area contributed by atoms with Gasteiger partial charge in [-0.15, -0.1) is 11.3 Å². The van der Waals surface area contributed by atoms with Gasteiger partial charge in [0.2, 0.25) is 0 Å². The van der Waals surface area contributed by atoms with Gasteiger partial charge in [-0.2, -0.15) is 0 Å². The number of nitrogens with one attached hydrogen (secondary N) is 1. The maximum absolute atomic E-state index is 12.4. The summed E-state index contributed by atoms with van der Waals surface area (Å²) in [5.74, 6) is 8.41. The van der Waals surface area contributed by atoms with Gasteiger partial charge in [-0.05, 0) is 30.7 Å². The lowest BCUT2D eigenvalue weighted by molar-refractivity contribution is 0.136. The van der Waals surface area contributed by atoms with E-state index in [2.05, 4.69) is 22.1 Å². The maximum Gasteiger partial charge on any atom is 0.407 e. The molecule has 7 nitrogen and oxygen atoms in total. The molecular formula is C28H30N2O5S. The molecule has 8 heteroatoms. The Hall–Kier alpha value is -3.67. The fourth-order valence-electron chi connectivity index (χ4n) is 4.07. The third-order valence-electron chi connectivity index (χ3n) is 5.90. The highest BCUT2D eigenvalue weighted by Gasteiger charge is 2.26. The number of hydrogen-bond donors (Lipinski definition) is 1. The Balaban J connectivity index is 1.26. The summed E-state index contributed by atoms with van der Waals surface area (Å²) in [5.41, 5.74) is 1.92. The molecule has 188 valence electrons. The van der Waals surface area contributed by atoms with Crippen molar-refractivity contribution in [2.45, 2.75) is 25.6 Å². The van der Waals surface area contributed by atoms with E-state index in [-0.39, 0.29) is 12.6 Å². The van der Waals surface area contributed by atoms with Gasteiger partial charge in [0.15, 0.2) is 0 Å². The lowest BCUT2D eigenvalue weighted by Gasteiger charge is -2.21. The van der Waals surface area contributed by atoms with Gasteiger partial charge in [0.05, 0.1) is 31.8 Å². The number of carbonyl (C=O) groups excluding carboxylic acids is 1. The number of carbonyl (C=O) groups is 1. The van der Waals surface area contributed by atoms with Crippen molar-refractivity contribution in [3.05, 3.63) is 75.5 Å². The fraction of sp³-hybridized carbons (Fsp3) is 0.321. The molecule has 0 spiro atoms. The van der Waals surface area contributed by atoms with Crippen molar-refractivity contribution in [1.29, 1.82) is 0 Å². The van der Waals surface area contributed by atoms with Gasteiger partial charge >= 0.3 is 6.09 Å². The van der Waals surface area contributed by atoms with Gasteiger partial charge in [0.1, 0.15) is 23.9 Å². The number of benzene rings is 2. The molecule has 1 saturated heterocycles. The molecule has 0 saturated carbocycles. The highest BCUT2D eigenvalue weighted by Crippen LogP contribution is 2.35. The van der Waals surface area contributed by atoms with Gasteiger partial charge in [0.25, 0.3) is 0 Å². The molecule has 1 atom stereocenters. The van der Waals surface area contributed by atoms with Gasteiger partial charge in [-0.25, -0.2) is 4.79 Å². The monoisotopic (exact) mass is 506 g/mol. The minimum atomic E-state index is -0.410. The predicted octanol–water partition coefficient (Wildman–Crippen LogP) is 4.67. The number of nitrogens with zero attached hydrogens (tertiary/aromatic N) is 1. The SMILES string of the molecule is COc1cc(OC)c(CN2CCC(NC(=O)OCc3ccc(C#Cc4ccccc4)s3)C2)c(OC)c1. The molecule has 0 radical (unpaired) electrons. The molecule has 0 aliphatic carbocycles. The van der Waals surface area contributed by atoms with Crippen molar-refractivity contribution in [3.63, 3.8) is 0 Å². The van der Waals surface area contributed by atoms with Crippen molar-refractivity contribution in [2.24, 2.45) is 0 Å². The number of methoxy groups -OCH3 is 3. The molecule has 2 heterocycles. The summed E-state index contributed by atoms with van der Waals surface area (Å²) in [7, 11) is 4.88. The van der Waals surface area contributed by atoms with Crippen LogP contribution in [-0.4, -0.2) is 51.5 Å². The Bertz CT molecular complexity index is 1210. The van der Waals surface area contributed by atoms with E-state index in [0.29, 0.717) is 30.3 Å². The zero-order valence-electron chi connectivity index (χ0n) is 20.7. The molecule has 2 aromatic carbocycles. The van der Waals surface area contributed by atoms with Crippen LogP contribution in [0.2, 0.25) is 0 Å². The second kappa shape index (κ2) is 12.3. The predicted molar refractivity (Wildman–Crippen MR) is 140 cm³/mol. The molecule has 1 aromatic heterocycles. The normalized spacial score (nSPS) is 15.0. The van der Waals surface area contributed by atoms with E-state index in [0.717, 1.165) is 33.8 Å². The Morgan fingerprint density at radius 3 is 2.47 bits per heavy atom. The van der Waals surface area contributed by atoms with Gasteiger partial charge in [-0.1, -0.05) is 30.0 Å². The van der Waals surface area contributed by atoms with E-state index in [1.54, 1.807) is 21.3 Å². The van der Waals surface area contributed by atoms with E-state index >= 15 is 0 Å². The van der Waals surface area contributed by atoms with E-state index in [9.17, 15) is 4.79 Å². The number of hydrogen-bond acceptors (Lipinski definition) is 7. The second-order valence-electron chi connectivity index (χ2n) is 8.33. The lowest BCUT2D eigenvalue weighted by Crippen LogP contribution is -2.37. The van der Waals surface area contributed by atoms with Crippen LogP contribution in [0.1, 0.15) is 27.3 Å². The van der Waals surface area contributed by atoms with Gasteiger partial charge < -0.3 is 24.3 Å². The lowest BCUT2D eigenvalue weighted by atomic mass is 10.1. The van der Waals surface area contributed by atoms with Crippen LogP contribution in [0.3, 0.4) is 0 Å². The van der Waals surface area contributed by atoms with Crippen LogP contribution in [0.4, 0.5) is 4.79 Å². The van der Waals surface area contributed by atoms with Crippen molar-refractivity contribution >= 4 is 17.4 Å². The number of ether oxygens (including phenoxy) is 4. The smallest absolute Gasteiger partial charge is 0.407 e. The maximum atomic E-state index is 12.4. The number of amides is 1. The topological polar surface area (TPSA) is 69.3 Å². The van der Waals surface area contributed by atoms with E-state index in [1.807, 2.05) is 54.6 Å². The average molecular weight is 507 g/mol. The first kappa shape index (κ1) is 25.4. The molecule has 1 unspecified atom stereocenters. The first-order chi connectivity index (χ1) is 17.6. The third kappa shape index (κ3) is 6.72. The average Bonchev–Trinajstić information content (AvgIpc) is 3.56. The summed E-state index contributed by atoms with van der Waals surface area (Å²) in [6, 6.07) is 17.5. The van der Waals surface area contributed by atoms with Crippen LogP contribution in [0.15, 0.2) is 54.6 Å². The minimum Gasteiger partial charge on any atom is -0.496 e. The summed E-state index contributed by atoms with van der Waals surface area (Å²) < 4.78 is 21.9. The van der Waals surface area contributed by atoms with Crippen LogP contribution >= 0.6 is 11.3 Å². The summed E-state index contributed by atoms with van der Waals surface area (Å²) in [5, 5.41) is 2.99. The Labute approximate surface area is 215 Å². The Morgan fingerprint density at radius 1 is 1.03 bits per heavy atom. The highest BCUT2D eigenvalue weighted by molar-refractivity contribution is 7.12. The Kier molecular flexibility index (Phi) is 8.71. The molecule has 1 aliphatic rings. The molecular weight excluding hydrogens is 476 g/mol. The van der Waals surface area contributed by atoms with Crippen LogP contribution in [-0.2, 0) is 17.9 Å². The van der Waals surface area contributed by atoms with E-state index in [1.165, 1.54) is 11.3 Å². The first-order valence-corrected chi connectivity index (χ1v) is 12.5. The minimum absolute atomic E-state index is 0.0170. The largest absolute Gasteiger partial charge is 0.496 e. The quantitative estimate of drug-likeness (QED) is 0.448. The summed E-state index contributed by atoms with van der Waals surface area (Å²) in [6.07, 6.45) is 0.431. The van der Waals surface area contributed by atoms with Gasteiger partial charge in [0, 0.05) is 48.2 Å². The molecule has 0 bridgehead atoms. The van der Waals surface area contributed by atoms with Crippen LogP contribution in [0.5, 0.6) is 17.2 Å². The first-order valence-electron chi connectivity index (χ1n) is 11.7. The molecule has 36 heavy (non-hydrogen) atoms. The second-order valence-corrected chi connectivity index (χ2v) is 9.50. The molecule has 1 N–H and O–H groups in total. The molecule has 3 aromatic rings. The Morgan fingerprint density at radius 2 is 1.78 bits per heavy atom. The number of thiophene rings is 1. The zero-order valence-corrected chi connectivity index (χ0v) is 21.5. The third-order valence-corrected chi connectivity index (χ3v) is 6.88. The van der Waals surface area contributed by atoms with E-state index in [4.69, 9.17) is 18.9 Å². The standard InChI is InChI=1S/C28H30N2O5S/c1-32-22-15-26(33-2)25(27(16-22)34-3)18-30-14-13-21(17-30)29-28(31)35-19-24-12-11-23(36-24)10-9-20-7-5-4-6-8-20/h4-8,11-12,15-16,21H,13-14,17-19H2,1-3H3,(H,29,31).